The van der Waals surface area contributed by atoms with E-state index in [9.17, 15) is 5.11 Å². The van der Waals surface area contributed by atoms with Gasteiger partial charge >= 0.3 is 0 Å². The highest BCUT2D eigenvalue weighted by atomic mass is 16.5. The number of guanidine groups is 1. The average Bonchev–Trinajstić information content (AvgIpc) is 3.04. The van der Waals surface area contributed by atoms with Crippen molar-refractivity contribution in [2.24, 2.45) is 16.3 Å². The van der Waals surface area contributed by atoms with Crippen LogP contribution in [0.15, 0.2) is 35.3 Å². The highest BCUT2D eigenvalue weighted by Gasteiger charge is 2.66. The van der Waals surface area contributed by atoms with Gasteiger partial charge in [0.2, 0.25) is 0 Å². The average molecular weight is 357 g/mol. The zero-order valence-electron chi connectivity index (χ0n) is 15.7. The van der Waals surface area contributed by atoms with Gasteiger partial charge in [0.05, 0.1) is 12.2 Å². The molecule has 1 spiro atoms. The third-order valence-electron chi connectivity index (χ3n) is 6.53. The minimum atomic E-state index is -0.461. The number of nitrogens with one attached hydrogen (secondary N) is 2. The lowest BCUT2D eigenvalue weighted by Crippen LogP contribution is -2.72. The Balaban J connectivity index is 1.36. The second-order valence-electron chi connectivity index (χ2n) is 7.93. The van der Waals surface area contributed by atoms with Crippen LogP contribution in [0, 0.1) is 11.3 Å². The van der Waals surface area contributed by atoms with Crippen LogP contribution in [0.3, 0.4) is 0 Å². The first-order valence-corrected chi connectivity index (χ1v) is 10.1. The molecule has 5 nitrogen and oxygen atoms in total. The molecule has 142 valence electrons. The Bertz CT molecular complexity index is 629. The summed E-state index contributed by atoms with van der Waals surface area (Å²) in [5.41, 5.74) is 1.31. The summed E-state index contributed by atoms with van der Waals surface area (Å²) in [5, 5.41) is 17.4. The fourth-order valence-electron chi connectivity index (χ4n) is 5.06. The molecule has 3 N–H and O–H groups in total. The molecule has 3 aliphatic rings. The first-order chi connectivity index (χ1) is 12.7. The molecular weight excluding hydrogens is 326 g/mol. The fraction of sp³-hybridized carbons (Fsp3) is 0.667. The number of hydrogen-bond acceptors (Lipinski definition) is 3. The lowest BCUT2D eigenvalue weighted by molar-refractivity contribution is -0.171. The van der Waals surface area contributed by atoms with Crippen LogP contribution in [0.25, 0.3) is 0 Å². The smallest absolute Gasteiger partial charge is 0.191 e. The molecule has 0 bridgehead atoms. The number of aliphatic hydroxyl groups excluding tert-OH is 1. The van der Waals surface area contributed by atoms with Crippen LogP contribution in [-0.2, 0) is 4.74 Å². The van der Waals surface area contributed by atoms with Gasteiger partial charge in [-0.1, -0.05) is 36.8 Å². The molecule has 0 radical (unpaired) electrons. The molecule has 1 aromatic carbocycles. The van der Waals surface area contributed by atoms with Crippen molar-refractivity contribution < 1.29 is 9.84 Å². The molecule has 2 aliphatic carbocycles. The summed E-state index contributed by atoms with van der Waals surface area (Å²) in [7, 11) is 0. The number of ether oxygens (including phenoxy) is 1. The molecule has 1 heterocycles. The van der Waals surface area contributed by atoms with Gasteiger partial charge in [0.25, 0.3) is 0 Å². The molecule has 5 heteroatoms. The van der Waals surface area contributed by atoms with E-state index < -0.39 is 6.10 Å². The summed E-state index contributed by atoms with van der Waals surface area (Å²) >= 11 is 0. The second kappa shape index (κ2) is 7.57. The lowest BCUT2D eigenvalue weighted by atomic mass is 9.46. The minimum absolute atomic E-state index is 0.348. The van der Waals surface area contributed by atoms with E-state index in [4.69, 9.17) is 9.73 Å². The summed E-state index contributed by atoms with van der Waals surface area (Å²) in [6, 6.07) is 10.3. The standard InChI is InChI=1S/C21H31N3O2/c1-2-22-20(23-13-9-17(25)15-7-4-3-5-8-15)24-18-16-10-14-26-19(16)21(18)11-6-12-21/h3-5,7-8,16-19,25H,2,6,9-14H2,1H3,(H2,22,23,24). The van der Waals surface area contributed by atoms with Gasteiger partial charge in [0.15, 0.2) is 5.96 Å². The zero-order chi connectivity index (χ0) is 18.0. The van der Waals surface area contributed by atoms with Gasteiger partial charge in [-0.2, -0.15) is 0 Å². The van der Waals surface area contributed by atoms with Crippen LogP contribution in [-0.4, -0.2) is 42.9 Å². The monoisotopic (exact) mass is 357 g/mol. The van der Waals surface area contributed by atoms with E-state index in [0.717, 1.165) is 31.1 Å². The summed E-state index contributed by atoms with van der Waals surface area (Å²) in [5.74, 6) is 1.52. The second-order valence-corrected chi connectivity index (χ2v) is 7.93. The van der Waals surface area contributed by atoms with Crippen molar-refractivity contribution in [1.82, 2.24) is 10.6 Å². The normalized spacial score (nSPS) is 30.2. The molecule has 0 aromatic heterocycles. The van der Waals surface area contributed by atoms with Gasteiger partial charge in [-0.25, -0.2) is 0 Å². The largest absolute Gasteiger partial charge is 0.388 e. The van der Waals surface area contributed by atoms with Gasteiger partial charge in [0.1, 0.15) is 0 Å². The van der Waals surface area contributed by atoms with E-state index in [1.54, 1.807) is 0 Å². The van der Waals surface area contributed by atoms with Crippen LogP contribution in [0.2, 0.25) is 0 Å². The number of aliphatic hydroxyl groups is 1. The van der Waals surface area contributed by atoms with Gasteiger partial charge < -0.3 is 20.5 Å². The molecule has 2 saturated carbocycles. The Morgan fingerprint density at radius 2 is 2.15 bits per heavy atom. The molecule has 1 aliphatic heterocycles. The Morgan fingerprint density at radius 1 is 1.35 bits per heavy atom. The SMILES string of the molecule is CCNC(=NCCC(O)c1ccccc1)NC1C2CCOC2C12CCC2. The summed E-state index contributed by atoms with van der Waals surface area (Å²) < 4.78 is 6.01. The first kappa shape index (κ1) is 17.8. The Hall–Kier alpha value is -1.59. The fourth-order valence-corrected chi connectivity index (χ4v) is 5.06. The predicted octanol–water partition coefficient (Wildman–Crippen LogP) is 2.62. The molecule has 1 saturated heterocycles. The van der Waals surface area contributed by atoms with Gasteiger partial charge in [0, 0.05) is 37.1 Å². The van der Waals surface area contributed by atoms with E-state index in [1.165, 1.54) is 19.3 Å². The van der Waals surface area contributed by atoms with Crippen molar-refractivity contribution in [2.45, 2.75) is 57.3 Å². The first-order valence-electron chi connectivity index (χ1n) is 10.1. The number of aliphatic imine (C=N–C) groups is 1. The molecule has 26 heavy (non-hydrogen) atoms. The van der Waals surface area contributed by atoms with Crippen LogP contribution in [0.5, 0.6) is 0 Å². The lowest BCUT2D eigenvalue weighted by Gasteiger charge is -2.63. The minimum Gasteiger partial charge on any atom is -0.388 e. The molecule has 1 aromatic rings. The third kappa shape index (κ3) is 3.12. The van der Waals surface area contributed by atoms with Crippen molar-refractivity contribution in [3.05, 3.63) is 35.9 Å². The van der Waals surface area contributed by atoms with E-state index in [2.05, 4.69) is 17.6 Å². The van der Waals surface area contributed by atoms with E-state index in [0.29, 0.717) is 36.4 Å². The van der Waals surface area contributed by atoms with Crippen molar-refractivity contribution in [2.75, 3.05) is 19.7 Å². The molecule has 3 fully saturated rings. The van der Waals surface area contributed by atoms with Crippen molar-refractivity contribution >= 4 is 5.96 Å². The number of benzene rings is 1. The number of nitrogens with zero attached hydrogens (tertiary/aromatic N) is 1. The Kier molecular flexibility index (Phi) is 5.18. The van der Waals surface area contributed by atoms with E-state index in [1.807, 2.05) is 30.3 Å². The Labute approximate surface area is 156 Å². The molecule has 4 atom stereocenters. The van der Waals surface area contributed by atoms with E-state index in [-0.39, 0.29) is 0 Å². The van der Waals surface area contributed by atoms with E-state index >= 15 is 0 Å². The van der Waals surface area contributed by atoms with Crippen LogP contribution in [0.4, 0.5) is 0 Å². The third-order valence-corrected chi connectivity index (χ3v) is 6.53. The number of hydrogen-bond donors (Lipinski definition) is 3. The van der Waals surface area contributed by atoms with Gasteiger partial charge in [-0.05, 0) is 38.2 Å². The van der Waals surface area contributed by atoms with Crippen molar-refractivity contribution in [3.63, 3.8) is 0 Å². The van der Waals surface area contributed by atoms with Gasteiger partial charge in [-0.15, -0.1) is 0 Å². The molecule has 4 rings (SSSR count). The highest BCUT2D eigenvalue weighted by Crippen LogP contribution is 2.62. The molecule has 4 unspecified atom stereocenters. The zero-order valence-corrected chi connectivity index (χ0v) is 15.7. The summed E-state index contributed by atoms with van der Waals surface area (Å²) in [6.07, 6.45) is 5.67. The summed E-state index contributed by atoms with van der Waals surface area (Å²) in [6.45, 7) is 4.46. The number of fused-ring (bicyclic) bond motifs is 2. The molecule has 0 amide bonds. The maximum absolute atomic E-state index is 10.3. The maximum Gasteiger partial charge on any atom is 0.191 e. The number of rotatable bonds is 6. The van der Waals surface area contributed by atoms with Crippen molar-refractivity contribution in [3.8, 4) is 0 Å². The van der Waals surface area contributed by atoms with Crippen LogP contribution >= 0.6 is 0 Å². The predicted molar refractivity (Wildman–Crippen MR) is 103 cm³/mol. The highest BCUT2D eigenvalue weighted by molar-refractivity contribution is 5.80. The van der Waals surface area contributed by atoms with Crippen molar-refractivity contribution in [1.29, 1.82) is 0 Å². The quantitative estimate of drug-likeness (QED) is 0.541. The Morgan fingerprint density at radius 3 is 2.85 bits per heavy atom. The summed E-state index contributed by atoms with van der Waals surface area (Å²) in [4.78, 5) is 4.73. The van der Waals surface area contributed by atoms with Gasteiger partial charge in [-0.3, -0.25) is 4.99 Å². The molecular formula is C21H31N3O2. The van der Waals surface area contributed by atoms with Crippen LogP contribution < -0.4 is 10.6 Å². The maximum atomic E-state index is 10.3. The topological polar surface area (TPSA) is 65.9 Å². The van der Waals surface area contributed by atoms with Crippen LogP contribution in [0.1, 0.15) is 50.7 Å².